The molecule has 0 aromatic heterocycles. The van der Waals surface area contributed by atoms with Crippen LogP contribution >= 0.6 is 0 Å². The van der Waals surface area contributed by atoms with Gasteiger partial charge in [0.1, 0.15) is 0 Å². The summed E-state index contributed by atoms with van der Waals surface area (Å²) in [6, 6.07) is 8.46. The van der Waals surface area contributed by atoms with Gasteiger partial charge in [0.2, 0.25) is 0 Å². The Hall–Kier alpha value is -0.900. The molecule has 0 aliphatic heterocycles. The second-order valence-corrected chi connectivity index (χ2v) is 4.93. The van der Waals surface area contributed by atoms with E-state index in [0.29, 0.717) is 5.92 Å². The molecule has 17 heavy (non-hydrogen) atoms. The van der Waals surface area contributed by atoms with Gasteiger partial charge in [-0.1, -0.05) is 31.2 Å². The first-order chi connectivity index (χ1) is 8.24. The molecule has 1 aliphatic rings. The molecule has 3 heteroatoms. The number of aliphatic hydroxyl groups excluding tert-OH is 2. The third-order valence-electron chi connectivity index (χ3n) is 3.97. The minimum Gasteiger partial charge on any atom is -0.394 e. The molecule has 1 aromatic rings. The molecule has 0 spiro atoms. The van der Waals surface area contributed by atoms with Crippen LogP contribution in [0.2, 0.25) is 0 Å². The molecule has 0 saturated heterocycles. The van der Waals surface area contributed by atoms with Gasteiger partial charge >= 0.3 is 0 Å². The Morgan fingerprint density at radius 1 is 1.29 bits per heavy atom. The summed E-state index contributed by atoms with van der Waals surface area (Å²) < 4.78 is 0. The monoisotopic (exact) mass is 235 g/mol. The van der Waals surface area contributed by atoms with Gasteiger partial charge in [-0.15, -0.1) is 0 Å². The number of hydrogen-bond donors (Lipinski definition) is 3. The van der Waals surface area contributed by atoms with Crippen molar-refractivity contribution in [3.05, 3.63) is 35.4 Å². The predicted molar refractivity (Wildman–Crippen MR) is 68.1 cm³/mol. The Kier molecular flexibility index (Phi) is 3.82. The van der Waals surface area contributed by atoms with Gasteiger partial charge in [0.25, 0.3) is 0 Å². The van der Waals surface area contributed by atoms with Gasteiger partial charge in [-0.05, 0) is 24.0 Å². The third-order valence-corrected chi connectivity index (χ3v) is 3.97. The van der Waals surface area contributed by atoms with E-state index in [1.54, 1.807) is 0 Å². The maximum atomic E-state index is 9.35. The summed E-state index contributed by atoms with van der Waals surface area (Å²) in [5.74, 6) is 0.523. The highest BCUT2D eigenvalue weighted by molar-refractivity contribution is 5.40. The molecule has 94 valence electrons. The summed E-state index contributed by atoms with van der Waals surface area (Å²) in [6.07, 6.45) is 1.83. The van der Waals surface area contributed by atoms with E-state index in [1.165, 1.54) is 11.1 Å². The first kappa shape index (κ1) is 12.6. The summed E-state index contributed by atoms with van der Waals surface area (Å²) in [4.78, 5) is 0. The van der Waals surface area contributed by atoms with E-state index < -0.39 is 5.54 Å². The van der Waals surface area contributed by atoms with Gasteiger partial charge < -0.3 is 15.5 Å². The van der Waals surface area contributed by atoms with Gasteiger partial charge in [0, 0.05) is 12.5 Å². The van der Waals surface area contributed by atoms with Crippen LogP contribution in [-0.2, 0) is 6.42 Å². The minimum absolute atomic E-state index is 0.0195. The summed E-state index contributed by atoms with van der Waals surface area (Å²) >= 11 is 0. The van der Waals surface area contributed by atoms with Gasteiger partial charge in [0.15, 0.2) is 0 Å². The van der Waals surface area contributed by atoms with E-state index in [-0.39, 0.29) is 13.2 Å². The van der Waals surface area contributed by atoms with Crippen molar-refractivity contribution >= 4 is 0 Å². The number of rotatable bonds is 6. The van der Waals surface area contributed by atoms with E-state index in [4.69, 9.17) is 0 Å². The van der Waals surface area contributed by atoms with Crippen molar-refractivity contribution < 1.29 is 10.2 Å². The summed E-state index contributed by atoms with van der Waals surface area (Å²) in [7, 11) is 0. The van der Waals surface area contributed by atoms with Crippen molar-refractivity contribution in [2.45, 2.75) is 31.2 Å². The molecule has 0 heterocycles. The fraction of sp³-hybridized carbons (Fsp3) is 0.571. The van der Waals surface area contributed by atoms with E-state index in [1.807, 2.05) is 6.92 Å². The first-order valence-corrected chi connectivity index (χ1v) is 6.29. The Morgan fingerprint density at radius 2 is 2.00 bits per heavy atom. The Balaban J connectivity index is 1.92. The molecule has 2 rings (SSSR count). The van der Waals surface area contributed by atoms with Crippen LogP contribution in [0.1, 0.15) is 30.4 Å². The lowest BCUT2D eigenvalue weighted by molar-refractivity contribution is 0.0859. The van der Waals surface area contributed by atoms with E-state index >= 15 is 0 Å². The summed E-state index contributed by atoms with van der Waals surface area (Å²) in [5, 5.41) is 22.0. The van der Waals surface area contributed by atoms with Crippen LogP contribution in [0.15, 0.2) is 24.3 Å². The smallest absolute Gasteiger partial charge is 0.0645 e. The van der Waals surface area contributed by atoms with Crippen LogP contribution in [0.3, 0.4) is 0 Å². The second kappa shape index (κ2) is 5.17. The largest absolute Gasteiger partial charge is 0.394 e. The molecular weight excluding hydrogens is 214 g/mol. The van der Waals surface area contributed by atoms with Crippen molar-refractivity contribution in [1.82, 2.24) is 5.32 Å². The van der Waals surface area contributed by atoms with Crippen molar-refractivity contribution in [1.29, 1.82) is 0 Å². The lowest BCUT2D eigenvalue weighted by Gasteiger charge is -2.36. The van der Waals surface area contributed by atoms with Gasteiger partial charge in [-0.3, -0.25) is 0 Å². The average Bonchev–Trinajstić information content (AvgIpc) is 2.36. The van der Waals surface area contributed by atoms with Crippen LogP contribution < -0.4 is 5.32 Å². The quantitative estimate of drug-likeness (QED) is 0.691. The number of hydrogen-bond acceptors (Lipinski definition) is 3. The molecule has 3 nitrogen and oxygen atoms in total. The fourth-order valence-electron chi connectivity index (χ4n) is 2.39. The zero-order chi connectivity index (χ0) is 12.3. The summed E-state index contributed by atoms with van der Waals surface area (Å²) in [5.41, 5.74) is 2.31. The van der Waals surface area contributed by atoms with Crippen LogP contribution in [-0.4, -0.2) is 35.5 Å². The Bertz CT molecular complexity index is 366. The highest BCUT2D eigenvalue weighted by atomic mass is 16.3. The lowest BCUT2D eigenvalue weighted by atomic mass is 9.77. The third kappa shape index (κ3) is 2.37. The van der Waals surface area contributed by atoms with E-state index in [9.17, 15) is 10.2 Å². The van der Waals surface area contributed by atoms with Crippen molar-refractivity contribution in [3.63, 3.8) is 0 Å². The first-order valence-electron chi connectivity index (χ1n) is 6.29. The molecule has 0 fully saturated rings. The van der Waals surface area contributed by atoms with Crippen LogP contribution in [0, 0.1) is 0 Å². The highest BCUT2D eigenvalue weighted by Crippen LogP contribution is 2.34. The normalized spacial score (nSPS) is 18.6. The zero-order valence-corrected chi connectivity index (χ0v) is 10.3. The highest BCUT2D eigenvalue weighted by Gasteiger charge is 2.30. The second-order valence-electron chi connectivity index (χ2n) is 4.93. The molecule has 1 atom stereocenters. The van der Waals surface area contributed by atoms with Gasteiger partial charge in [0.05, 0.1) is 18.8 Å². The van der Waals surface area contributed by atoms with E-state index in [0.717, 1.165) is 19.4 Å². The molecule has 0 radical (unpaired) electrons. The number of aliphatic hydroxyl groups is 2. The number of benzene rings is 1. The van der Waals surface area contributed by atoms with Crippen LogP contribution in [0.5, 0.6) is 0 Å². The SMILES string of the molecule is CCC(CO)(CO)NCC1Cc2ccccc21. The lowest BCUT2D eigenvalue weighted by Crippen LogP contribution is -2.53. The summed E-state index contributed by atoms with van der Waals surface area (Å²) in [6.45, 7) is 2.77. The average molecular weight is 235 g/mol. The van der Waals surface area contributed by atoms with Crippen molar-refractivity contribution in [2.24, 2.45) is 0 Å². The van der Waals surface area contributed by atoms with Crippen molar-refractivity contribution in [3.8, 4) is 0 Å². The molecule has 0 amide bonds. The molecule has 1 aliphatic carbocycles. The Labute approximate surface area is 102 Å². The molecular formula is C14H21NO2. The maximum Gasteiger partial charge on any atom is 0.0645 e. The minimum atomic E-state index is -0.523. The predicted octanol–water partition coefficient (Wildman–Crippen LogP) is 1.05. The Morgan fingerprint density at radius 3 is 2.59 bits per heavy atom. The molecule has 1 aromatic carbocycles. The number of fused-ring (bicyclic) bond motifs is 1. The molecule has 0 saturated carbocycles. The zero-order valence-electron chi connectivity index (χ0n) is 10.3. The fourth-order valence-corrected chi connectivity index (χ4v) is 2.39. The van der Waals surface area contributed by atoms with Gasteiger partial charge in [-0.25, -0.2) is 0 Å². The van der Waals surface area contributed by atoms with Gasteiger partial charge in [-0.2, -0.15) is 0 Å². The number of nitrogens with one attached hydrogen (secondary N) is 1. The van der Waals surface area contributed by atoms with Crippen LogP contribution in [0.25, 0.3) is 0 Å². The van der Waals surface area contributed by atoms with E-state index in [2.05, 4.69) is 29.6 Å². The molecule has 0 bridgehead atoms. The molecule has 3 N–H and O–H groups in total. The topological polar surface area (TPSA) is 52.5 Å². The maximum absolute atomic E-state index is 9.35. The van der Waals surface area contributed by atoms with Crippen molar-refractivity contribution in [2.75, 3.05) is 19.8 Å². The van der Waals surface area contributed by atoms with Crippen LogP contribution in [0.4, 0.5) is 0 Å². The molecule has 1 unspecified atom stereocenters. The standard InChI is InChI=1S/C14H21NO2/c1-2-14(9-16,10-17)15-8-12-7-11-5-3-4-6-13(11)12/h3-6,12,15-17H,2,7-10H2,1H3.